The maximum atomic E-state index is 2.48. The van der Waals surface area contributed by atoms with Gasteiger partial charge in [-0.3, -0.25) is 9.80 Å². The van der Waals surface area contributed by atoms with E-state index in [4.69, 9.17) is 0 Å². The summed E-state index contributed by atoms with van der Waals surface area (Å²) >= 11 is 0. The number of rotatable bonds is 0. The second-order valence-corrected chi connectivity index (χ2v) is 3.08. The van der Waals surface area contributed by atoms with E-state index in [-0.39, 0.29) is 0 Å². The Morgan fingerprint density at radius 3 is 2.25 bits per heavy atom. The Balaban J connectivity index is 2.18. The molecule has 0 N–H and O–H groups in total. The average molecular weight is 112 g/mol. The maximum absolute atomic E-state index is 2.48. The summed E-state index contributed by atoms with van der Waals surface area (Å²) in [4.78, 5) is 4.87. The molecule has 2 saturated heterocycles. The number of hydrogen-bond acceptors (Lipinski definition) is 2. The summed E-state index contributed by atoms with van der Waals surface area (Å²) in [7, 11) is 2.18. The van der Waals surface area contributed by atoms with Crippen molar-refractivity contribution in [3.63, 3.8) is 0 Å². The summed E-state index contributed by atoms with van der Waals surface area (Å²) in [6.07, 6.45) is 0. The van der Waals surface area contributed by atoms with Gasteiger partial charge in [0, 0.05) is 6.04 Å². The van der Waals surface area contributed by atoms with Crippen molar-refractivity contribution in [2.75, 3.05) is 13.7 Å². The zero-order valence-corrected chi connectivity index (χ0v) is 5.68. The van der Waals surface area contributed by atoms with Crippen LogP contribution in [0.3, 0.4) is 0 Å². The normalized spacial score (nSPS) is 61.9. The molecular weight excluding hydrogens is 100 g/mol. The smallest absolute Gasteiger partial charge is 0.0888 e. The highest BCUT2D eigenvalue weighted by Gasteiger charge is 2.66. The molecule has 2 aliphatic rings. The van der Waals surface area contributed by atoms with E-state index in [0.717, 1.165) is 6.04 Å². The molecule has 2 heteroatoms. The minimum Gasteiger partial charge on any atom is -0.274 e. The van der Waals surface area contributed by atoms with Gasteiger partial charge < -0.3 is 0 Å². The zero-order chi connectivity index (χ0) is 5.94. The van der Waals surface area contributed by atoms with Crippen molar-refractivity contribution >= 4 is 0 Å². The van der Waals surface area contributed by atoms with E-state index < -0.39 is 0 Å². The molecule has 0 aromatic carbocycles. The zero-order valence-electron chi connectivity index (χ0n) is 5.68. The first-order chi connectivity index (χ1) is 3.67. The molecule has 0 bridgehead atoms. The van der Waals surface area contributed by atoms with Crippen LogP contribution < -0.4 is 0 Å². The van der Waals surface area contributed by atoms with Gasteiger partial charge in [-0.2, -0.15) is 0 Å². The van der Waals surface area contributed by atoms with Crippen LogP contribution in [0.15, 0.2) is 0 Å². The van der Waals surface area contributed by atoms with Crippen molar-refractivity contribution in [1.82, 2.24) is 9.80 Å². The van der Waals surface area contributed by atoms with Gasteiger partial charge in [0.2, 0.25) is 0 Å². The van der Waals surface area contributed by atoms with Gasteiger partial charge >= 0.3 is 0 Å². The van der Waals surface area contributed by atoms with Crippen LogP contribution in [0.4, 0.5) is 0 Å². The third kappa shape index (κ3) is 0.250. The lowest BCUT2D eigenvalue weighted by Gasteiger charge is -2.35. The fourth-order valence-corrected chi connectivity index (χ4v) is 1.72. The predicted octanol–water partition coefficient (Wildman–Crippen LogP) is 0.310. The fourth-order valence-electron chi connectivity index (χ4n) is 1.72. The van der Waals surface area contributed by atoms with Gasteiger partial charge in [0.05, 0.1) is 12.3 Å². The first-order valence-corrected chi connectivity index (χ1v) is 3.15. The Labute approximate surface area is 50.1 Å². The van der Waals surface area contributed by atoms with Gasteiger partial charge in [0.15, 0.2) is 0 Å². The molecule has 0 aromatic heterocycles. The van der Waals surface area contributed by atoms with Crippen molar-refractivity contribution in [3.8, 4) is 0 Å². The summed E-state index contributed by atoms with van der Waals surface area (Å²) in [6, 6.07) is 0.812. The molecule has 8 heavy (non-hydrogen) atoms. The summed E-state index contributed by atoms with van der Waals surface area (Å²) in [5.74, 6) is 0. The van der Waals surface area contributed by atoms with Crippen molar-refractivity contribution in [2.24, 2.45) is 0 Å². The quantitative estimate of drug-likeness (QED) is 0.416. The number of likely N-dealkylation sites (N-methyl/N-ethyl adjacent to an activating group) is 1. The van der Waals surface area contributed by atoms with Gasteiger partial charge in [0.1, 0.15) is 0 Å². The Hall–Kier alpha value is -0.0800. The fraction of sp³-hybridized carbons (Fsp3) is 1.00. The van der Waals surface area contributed by atoms with E-state index in [1.54, 1.807) is 0 Å². The van der Waals surface area contributed by atoms with Crippen molar-refractivity contribution in [1.29, 1.82) is 0 Å². The highest BCUT2D eigenvalue weighted by molar-refractivity contribution is 5.16. The van der Waals surface area contributed by atoms with Crippen LogP contribution in [0.25, 0.3) is 0 Å². The second-order valence-electron chi connectivity index (χ2n) is 3.08. The summed E-state index contributed by atoms with van der Waals surface area (Å²) in [5, 5.41) is 0. The standard InChI is InChI=1S/C6H12N2/c1-5-6(2)7(3)4-8(5)6/h5H,4H2,1-3H3/t5-,6+,8+/m0/s1. The molecule has 3 atom stereocenters. The van der Waals surface area contributed by atoms with Crippen LogP contribution >= 0.6 is 0 Å². The van der Waals surface area contributed by atoms with E-state index >= 15 is 0 Å². The van der Waals surface area contributed by atoms with E-state index in [1.807, 2.05) is 0 Å². The average Bonchev–Trinajstić information content (AvgIpc) is 2.15. The Kier molecular flexibility index (Phi) is 0.570. The Bertz CT molecular complexity index is 119. The molecule has 0 radical (unpaired) electrons. The number of fused-ring (bicyclic) bond motifs is 1. The molecule has 0 aliphatic carbocycles. The highest BCUT2D eigenvalue weighted by atomic mass is 15.7. The van der Waals surface area contributed by atoms with E-state index in [9.17, 15) is 0 Å². The van der Waals surface area contributed by atoms with Crippen LogP contribution in [-0.2, 0) is 0 Å². The molecule has 0 saturated carbocycles. The molecule has 0 spiro atoms. The van der Waals surface area contributed by atoms with E-state index in [1.165, 1.54) is 6.67 Å². The number of nitrogens with zero attached hydrogens (tertiary/aromatic N) is 2. The Morgan fingerprint density at radius 2 is 2.25 bits per heavy atom. The first-order valence-electron chi connectivity index (χ1n) is 3.15. The third-order valence-corrected chi connectivity index (χ3v) is 2.91. The van der Waals surface area contributed by atoms with Crippen LogP contribution in [0.5, 0.6) is 0 Å². The maximum Gasteiger partial charge on any atom is 0.0888 e. The minimum atomic E-state index is 0.472. The molecule has 0 amide bonds. The first kappa shape index (κ1) is 4.77. The van der Waals surface area contributed by atoms with Gasteiger partial charge in [-0.1, -0.05) is 0 Å². The van der Waals surface area contributed by atoms with Crippen molar-refractivity contribution in [3.05, 3.63) is 0 Å². The second kappa shape index (κ2) is 0.957. The van der Waals surface area contributed by atoms with E-state index in [0.29, 0.717) is 5.66 Å². The SMILES string of the molecule is C[C@@H]1[N@@]2CN(C)[C@@]12C. The topological polar surface area (TPSA) is 6.25 Å². The molecule has 2 aliphatic heterocycles. The van der Waals surface area contributed by atoms with Gasteiger partial charge in [0.25, 0.3) is 0 Å². The summed E-state index contributed by atoms with van der Waals surface area (Å²) < 4.78 is 0. The molecule has 46 valence electrons. The van der Waals surface area contributed by atoms with Gasteiger partial charge in [-0.05, 0) is 20.9 Å². The number of hydrogen-bond donors (Lipinski definition) is 0. The summed E-state index contributed by atoms with van der Waals surface area (Å²) in [5.41, 5.74) is 0.472. The van der Waals surface area contributed by atoms with Gasteiger partial charge in [-0.25, -0.2) is 0 Å². The molecule has 2 heterocycles. The molecule has 0 unspecified atom stereocenters. The Morgan fingerprint density at radius 1 is 1.62 bits per heavy atom. The molecule has 2 fully saturated rings. The van der Waals surface area contributed by atoms with Crippen LogP contribution in [0, 0.1) is 0 Å². The van der Waals surface area contributed by atoms with Crippen LogP contribution in [-0.4, -0.2) is 35.2 Å². The predicted molar refractivity (Wildman–Crippen MR) is 32.3 cm³/mol. The molecule has 2 rings (SSSR count). The monoisotopic (exact) mass is 112 g/mol. The van der Waals surface area contributed by atoms with Crippen LogP contribution in [0.2, 0.25) is 0 Å². The molecule has 0 aromatic rings. The van der Waals surface area contributed by atoms with Crippen molar-refractivity contribution in [2.45, 2.75) is 25.6 Å². The highest BCUT2D eigenvalue weighted by Crippen LogP contribution is 2.50. The lowest BCUT2D eigenvalue weighted by Crippen LogP contribution is -2.49. The molecule has 2 nitrogen and oxygen atoms in total. The largest absolute Gasteiger partial charge is 0.274 e. The van der Waals surface area contributed by atoms with Crippen molar-refractivity contribution < 1.29 is 0 Å². The molecular formula is C6H12N2. The lowest BCUT2D eigenvalue weighted by molar-refractivity contribution is 0.0308. The summed E-state index contributed by atoms with van der Waals surface area (Å²) in [6.45, 7) is 5.75. The van der Waals surface area contributed by atoms with Gasteiger partial charge in [-0.15, -0.1) is 0 Å². The van der Waals surface area contributed by atoms with Crippen LogP contribution in [0.1, 0.15) is 13.8 Å². The third-order valence-electron chi connectivity index (χ3n) is 2.91. The van der Waals surface area contributed by atoms with E-state index in [2.05, 4.69) is 30.7 Å². The minimum absolute atomic E-state index is 0.472. The lowest BCUT2D eigenvalue weighted by atomic mass is 10.2.